The number of imidazole rings is 1. The van der Waals surface area contributed by atoms with Gasteiger partial charge in [-0.3, -0.25) is 18.9 Å². The molecule has 10 heteroatoms. The van der Waals surface area contributed by atoms with E-state index in [1.165, 1.54) is 30.0 Å². The molecule has 152 valence electrons. The van der Waals surface area contributed by atoms with Crippen molar-refractivity contribution < 1.29 is 4.39 Å². The van der Waals surface area contributed by atoms with Gasteiger partial charge in [0.1, 0.15) is 5.82 Å². The molecule has 0 aliphatic heterocycles. The number of hydrogen-bond acceptors (Lipinski definition) is 5. The Balaban J connectivity index is 1.77. The molecule has 0 amide bonds. The molecule has 0 bridgehead atoms. The monoisotopic (exact) mass is 426 g/mol. The summed E-state index contributed by atoms with van der Waals surface area (Å²) in [5.74, 6) is -0.0741. The largest absolute Gasteiger partial charge is 0.329 e. The first-order valence-corrected chi connectivity index (χ1v) is 9.29. The third-order valence-electron chi connectivity index (χ3n) is 4.51. The summed E-state index contributed by atoms with van der Waals surface area (Å²) in [6, 6.07) is 13.0. The van der Waals surface area contributed by atoms with Gasteiger partial charge in [0.15, 0.2) is 11.2 Å². The molecule has 0 unspecified atom stereocenters. The van der Waals surface area contributed by atoms with Crippen molar-refractivity contribution in [1.82, 2.24) is 19.1 Å². The first-order valence-electron chi connectivity index (χ1n) is 8.91. The molecule has 0 spiro atoms. The number of aromatic nitrogens is 4. The zero-order valence-electron chi connectivity index (χ0n) is 15.8. The molecule has 30 heavy (non-hydrogen) atoms. The molecule has 2 N–H and O–H groups in total. The second-order valence-corrected chi connectivity index (χ2v) is 7.00. The summed E-state index contributed by atoms with van der Waals surface area (Å²) in [7, 11) is 1.52. The Morgan fingerprint density at radius 2 is 1.87 bits per heavy atom. The molecule has 4 rings (SSSR count). The fourth-order valence-electron chi connectivity index (χ4n) is 2.96. The molecule has 0 aliphatic carbocycles. The lowest BCUT2D eigenvalue weighted by atomic mass is 10.2. The third-order valence-corrected chi connectivity index (χ3v) is 4.76. The van der Waals surface area contributed by atoms with Crippen molar-refractivity contribution in [3.8, 4) is 0 Å². The molecule has 2 heterocycles. The van der Waals surface area contributed by atoms with Crippen LogP contribution in [0, 0.1) is 5.82 Å². The van der Waals surface area contributed by atoms with Crippen molar-refractivity contribution in [2.24, 2.45) is 12.1 Å². The Labute approximate surface area is 174 Å². The topological polar surface area (TPSA) is 97.1 Å². The van der Waals surface area contributed by atoms with E-state index in [0.29, 0.717) is 17.1 Å². The van der Waals surface area contributed by atoms with Gasteiger partial charge in [0.05, 0.1) is 12.8 Å². The highest BCUT2D eigenvalue weighted by Gasteiger charge is 2.17. The molecular weight excluding hydrogens is 411 g/mol. The van der Waals surface area contributed by atoms with Crippen LogP contribution >= 0.6 is 11.6 Å². The fraction of sp³-hybridized carbons (Fsp3) is 0.100. The molecular formula is C20H16ClFN6O2. The number of halogens is 2. The van der Waals surface area contributed by atoms with Crippen LogP contribution in [0.15, 0.2) is 63.2 Å². The van der Waals surface area contributed by atoms with Crippen LogP contribution in [-0.2, 0) is 13.6 Å². The van der Waals surface area contributed by atoms with Gasteiger partial charge in [0, 0.05) is 12.1 Å². The Hall–Kier alpha value is -3.72. The van der Waals surface area contributed by atoms with E-state index in [-0.39, 0.29) is 22.9 Å². The summed E-state index contributed by atoms with van der Waals surface area (Å²) >= 11 is 5.95. The minimum atomic E-state index is -0.565. The van der Waals surface area contributed by atoms with Crippen molar-refractivity contribution >= 4 is 34.9 Å². The van der Waals surface area contributed by atoms with Gasteiger partial charge >= 0.3 is 5.69 Å². The number of hydrazone groups is 1. The number of fused-ring (bicyclic) bond motifs is 1. The summed E-state index contributed by atoms with van der Waals surface area (Å²) in [6.07, 6.45) is 1.49. The predicted octanol–water partition coefficient (Wildman–Crippen LogP) is 2.71. The number of aryl methyl sites for hydroxylation is 1. The molecule has 4 aromatic rings. The van der Waals surface area contributed by atoms with E-state index < -0.39 is 11.2 Å². The van der Waals surface area contributed by atoms with Crippen LogP contribution in [0.2, 0.25) is 5.02 Å². The number of benzene rings is 2. The van der Waals surface area contributed by atoms with Crippen molar-refractivity contribution in [2.75, 3.05) is 5.43 Å². The summed E-state index contributed by atoms with van der Waals surface area (Å²) in [4.78, 5) is 31.1. The molecule has 2 aromatic carbocycles. The van der Waals surface area contributed by atoms with Gasteiger partial charge in [0.25, 0.3) is 5.56 Å². The zero-order chi connectivity index (χ0) is 21.3. The standard InChI is InChI=1S/C20H16ClFN6O2/c1-27-17-16(18(29)25-20(27)30)28(11-13-2-6-14(21)7-3-13)19(24-17)26-23-10-12-4-8-15(22)9-5-12/h2-10H,11H2,1H3,(H,24,26)(H,25,29,30). The van der Waals surface area contributed by atoms with E-state index in [4.69, 9.17) is 11.6 Å². The number of anilines is 1. The SMILES string of the molecule is Cn1c(=O)[nH]c(=O)c2c1nc(NN=Cc1ccc(F)cc1)n2Cc1ccc(Cl)cc1. The maximum absolute atomic E-state index is 13.0. The maximum Gasteiger partial charge on any atom is 0.329 e. The van der Waals surface area contributed by atoms with Crippen LogP contribution in [0.4, 0.5) is 10.3 Å². The molecule has 0 atom stereocenters. The van der Waals surface area contributed by atoms with Crippen LogP contribution in [0.25, 0.3) is 11.2 Å². The summed E-state index contributed by atoms with van der Waals surface area (Å²) < 4.78 is 15.9. The average Bonchev–Trinajstić information content (AvgIpc) is 3.08. The quantitative estimate of drug-likeness (QED) is 0.379. The van der Waals surface area contributed by atoms with Crippen molar-refractivity contribution in [1.29, 1.82) is 0 Å². The van der Waals surface area contributed by atoms with Crippen molar-refractivity contribution in [3.63, 3.8) is 0 Å². The molecule has 0 saturated heterocycles. The van der Waals surface area contributed by atoms with Gasteiger partial charge < -0.3 is 0 Å². The minimum absolute atomic E-state index is 0.220. The second-order valence-electron chi connectivity index (χ2n) is 6.56. The number of aromatic amines is 1. The highest BCUT2D eigenvalue weighted by Crippen LogP contribution is 2.19. The van der Waals surface area contributed by atoms with E-state index in [9.17, 15) is 14.0 Å². The van der Waals surface area contributed by atoms with Crippen molar-refractivity contribution in [2.45, 2.75) is 6.54 Å². The Morgan fingerprint density at radius 1 is 1.17 bits per heavy atom. The molecule has 0 aliphatic rings. The van der Waals surface area contributed by atoms with Crippen LogP contribution in [0.5, 0.6) is 0 Å². The highest BCUT2D eigenvalue weighted by molar-refractivity contribution is 6.30. The number of hydrogen-bond donors (Lipinski definition) is 2. The summed E-state index contributed by atoms with van der Waals surface area (Å²) in [5, 5.41) is 4.73. The lowest BCUT2D eigenvalue weighted by Crippen LogP contribution is -2.29. The van der Waals surface area contributed by atoms with Gasteiger partial charge in [-0.1, -0.05) is 35.9 Å². The van der Waals surface area contributed by atoms with E-state index >= 15 is 0 Å². The van der Waals surface area contributed by atoms with Gasteiger partial charge in [-0.15, -0.1) is 0 Å². The lowest BCUT2D eigenvalue weighted by Gasteiger charge is -2.08. The minimum Gasteiger partial charge on any atom is -0.298 e. The summed E-state index contributed by atoms with van der Waals surface area (Å²) in [5.41, 5.74) is 3.69. The molecule has 0 saturated carbocycles. The highest BCUT2D eigenvalue weighted by atomic mass is 35.5. The molecule has 0 radical (unpaired) electrons. The first-order chi connectivity index (χ1) is 14.4. The number of nitrogens with one attached hydrogen (secondary N) is 2. The average molecular weight is 427 g/mol. The lowest BCUT2D eigenvalue weighted by molar-refractivity contribution is 0.628. The smallest absolute Gasteiger partial charge is 0.298 e. The van der Waals surface area contributed by atoms with Gasteiger partial charge in [-0.05, 0) is 35.4 Å². The first kappa shape index (κ1) is 19.6. The van der Waals surface area contributed by atoms with E-state index in [0.717, 1.165) is 5.56 Å². The van der Waals surface area contributed by atoms with E-state index in [1.807, 2.05) is 12.1 Å². The second kappa shape index (κ2) is 7.96. The van der Waals surface area contributed by atoms with E-state index in [2.05, 4.69) is 20.5 Å². The van der Waals surface area contributed by atoms with Gasteiger partial charge in [0.2, 0.25) is 5.95 Å². The summed E-state index contributed by atoms with van der Waals surface area (Å²) in [6.45, 7) is 0.295. The third kappa shape index (κ3) is 3.87. The van der Waals surface area contributed by atoms with Crippen LogP contribution in [0.3, 0.4) is 0 Å². The predicted molar refractivity (Wildman–Crippen MR) is 114 cm³/mol. The van der Waals surface area contributed by atoms with Crippen molar-refractivity contribution in [3.05, 3.63) is 91.3 Å². The normalized spacial score (nSPS) is 11.4. The van der Waals surface area contributed by atoms with Crippen LogP contribution in [-0.4, -0.2) is 25.3 Å². The molecule has 8 nitrogen and oxygen atoms in total. The van der Waals surface area contributed by atoms with Gasteiger partial charge in [-0.25, -0.2) is 14.6 Å². The van der Waals surface area contributed by atoms with Gasteiger partial charge in [-0.2, -0.15) is 10.1 Å². The Bertz CT molecular complexity index is 1350. The Morgan fingerprint density at radius 3 is 2.57 bits per heavy atom. The number of H-pyrrole nitrogens is 1. The number of nitrogens with zero attached hydrogens (tertiary/aromatic N) is 4. The molecule has 2 aromatic heterocycles. The Kier molecular flexibility index (Phi) is 5.20. The fourth-order valence-corrected chi connectivity index (χ4v) is 3.09. The number of rotatable bonds is 5. The zero-order valence-corrected chi connectivity index (χ0v) is 16.5. The van der Waals surface area contributed by atoms with Crippen LogP contribution in [0.1, 0.15) is 11.1 Å². The molecule has 0 fully saturated rings. The van der Waals surface area contributed by atoms with Crippen LogP contribution < -0.4 is 16.7 Å². The van der Waals surface area contributed by atoms with E-state index in [1.54, 1.807) is 28.8 Å². The maximum atomic E-state index is 13.0.